The van der Waals surface area contributed by atoms with Crippen LogP contribution in [-0.4, -0.2) is 28.0 Å². The van der Waals surface area contributed by atoms with Gasteiger partial charge in [-0.05, 0) is 49.6 Å². The highest BCUT2D eigenvalue weighted by Gasteiger charge is 2.40. The van der Waals surface area contributed by atoms with E-state index in [1.54, 1.807) is 12.3 Å². The van der Waals surface area contributed by atoms with Gasteiger partial charge in [-0.25, -0.2) is 13.8 Å². The van der Waals surface area contributed by atoms with Gasteiger partial charge in [0.05, 0.1) is 41.0 Å². The Bertz CT molecular complexity index is 1220. The molecule has 3 heterocycles. The summed E-state index contributed by atoms with van der Waals surface area (Å²) in [6.45, 7) is 0. The van der Waals surface area contributed by atoms with Crippen molar-refractivity contribution in [3.8, 4) is 11.3 Å². The standard InChI is InChI=1S/C25H25F2N5O2/c26-15-4-2-5-16(27)23(15)19-8-7-17(28)24(31-19)25(33)32-20-12-30-10-9-14(20)22-11-18(29)13-3-1-6-21(13)34-22/h2,4-5,7-10,12-13,18,21-22H,1,3,6,11,28-29H2,(H,32,33). The molecule has 0 spiro atoms. The summed E-state index contributed by atoms with van der Waals surface area (Å²) in [5.74, 6) is -1.82. The molecule has 3 aromatic rings. The zero-order valence-corrected chi connectivity index (χ0v) is 18.4. The largest absolute Gasteiger partial charge is 0.397 e. The van der Waals surface area contributed by atoms with Crippen LogP contribution in [0.15, 0.2) is 48.8 Å². The highest BCUT2D eigenvalue weighted by molar-refractivity contribution is 6.06. The molecular weight excluding hydrogens is 440 g/mol. The Morgan fingerprint density at radius 2 is 1.91 bits per heavy atom. The molecule has 1 aromatic carbocycles. The number of amides is 1. The summed E-state index contributed by atoms with van der Waals surface area (Å²) in [6.07, 6.45) is 6.76. The Kier molecular flexibility index (Phi) is 5.97. The average molecular weight is 466 g/mol. The molecule has 4 unspecified atom stereocenters. The Labute approximate surface area is 195 Å². The van der Waals surface area contributed by atoms with Crippen molar-refractivity contribution in [2.75, 3.05) is 11.1 Å². The van der Waals surface area contributed by atoms with Crippen LogP contribution in [0.5, 0.6) is 0 Å². The lowest BCUT2D eigenvalue weighted by atomic mass is 9.87. The smallest absolute Gasteiger partial charge is 0.276 e. The van der Waals surface area contributed by atoms with Gasteiger partial charge in [0, 0.05) is 23.7 Å². The molecule has 9 heteroatoms. The van der Waals surface area contributed by atoms with E-state index in [9.17, 15) is 13.6 Å². The lowest BCUT2D eigenvalue weighted by Crippen LogP contribution is -2.43. The molecule has 1 saturated carbocycles. The Balaban J connectivity index is 1.43. The predicted molar refractivity (Wildman–Crippen MR) is 124 cm³/mol. The zero-order chi connectivity index (χ0) is 23.8. The van der Waals surface area contributed by atoms with Gasteiger partial charge in [-0.15, -0.1) is 0 Å². The number of carbonyl (C=O) groups is 1. The van der Waals surface area contributed by atoms with Gasteiger partial charge in [0.1, 0.15) is 11.6 Å². The molecule has 4 atom stereocenters. The second-order valence-electron chi connectivity index (χ2n) is 8.81. The first-order valence-electron chi connectivity index (χ1n) is 11.3. The van der Waals surface area contributed by atoms with Gasteiger partial charge < -0.3 is 21.5 Å². The maximum Gasteiger partial charge on any atom is 0.276 e. The van der Waals surface area contributed by atoms with Crippen molar-refractivity contribution in [2.24, 2.45) is 11.7 Å². The predicted octanol–water partition coefficient (Wildman–Crippen LogP) is 4.21. The summed E-state index contributed by atoms with van der Waals surface area (Å²) in [5.41, 5.74) is 13.2. The molecule has 176 valence electrons. The Morgan fingerprint density at radius 3 is 2.71 bits per heavy atom. The van der Waals surface area contributed by atoms with Crippen LogP contribution >= 0.6 is 0 Å². The van der Waals surface area contributed by atoms with E-state index in [2.05, 4.69) is 15.3 Å². The molecule has 1 amide bonds. The number of anilines is 2. The van der Waals surface area contributed by atoms with Crippen LogP contribution in [0.1, 0.15) is 47.8 Å². The van der Waals surface area contributed by atoms with Crippen LogP contribution in [0.4, 0.5) is 20.2 Å². The molecule has 1 aliphatic carbocycles. The number of hydrogen-bond donors (Lipinski definition) is 3. The highest BCUT2D eigenvalue weighted by atomic mass is 19.1. The molecule has 34 heavy (non-hydrogen) atoms. The maximum absolute atomic E-state index is 14.3. The van der Waals surface area contributed by atoms with E-state index in [4.69, 9.17) is 16.2 Å². The van der Waals surface area contributed by atoms with Crippen LogP contribution in [0.2, 0.25) is 0 Å². The summed E-state index contributed by atoms with van der Waals surface area (Å²) in [6, 6.07) is 8.10. The first-order valence-corrected chi connectivity index (χ1v) is 11.3. The van der Waals surface area contributed by atoms with Gasteiger partial charge in [-0.1, -0.05) is 12.5 Å². The van der Waals surface area contributed by atoms with Crippen LogP contribution in [0.3, 0.4) is 0 Å². The first-order chi connectivity index (χ1) is 16.4. The van der Waals surface area contributed by atoms with Crippen molar-refractivity contribution in [3.63, 3.8) is 0 Å². The van der Waals surface area contributed by atoms with Gasteiger partial charge in [-0.2, -0.15) is 0 Å². The van der Waals surface area contributed by atoms with Crippen molar-refractivity contribution < 1.29 is 18.3 Å². The number of ether oxygens (including phenoxy) is 1. The van der Waals surface area contributed by atoms with Crippen molar-refractivity contribution >= 4 is 17.3 Å². The van der Waals surface area contributed by atoms with E-state index in [-0.39, 0.29) is 40.9 Å². The molecule has 1 aliphatic heterocycles. The maximum atomic E-state index is 14.3. The van der Waals surface area contributed by atoms with Gasteiger partial charge in [0.2, 0.25) is 0 Å². The number of aromatic nitrogens is 2. The van der Waals surface area contributed by atoms with Gasteiger partial charge in [-0.3, -0.25) is 9.78 Å². The van der Waals surface area contributed by atoms with Crippen LogP contribution < -0.4 is 16.8 Å². The number of nitrogens with zero attached hydrogens (tertiary/aromatic N) is 2. The number of rotatable bonds is 4. The molecule has 2 fully saturated rings. The summed E-state index contributed by atoms with van der Waals surface area (Å²) in [5, 5.41) is 2.80. The van der Waals surface area contributed by atoms with E-state index >= 15 is 0 Å². The average Bonchev–Trinajstić information content (AvgIpc) is 3.30. The highest BCUT2D eigenvalue weighted by Crippen LogP contribution is 2.43. The second-order valence-corrected chi connectivity index (χ2v) is 8.81. The van der Waals surface area contributed by atoms with Crippen LogP contribution in [-0.2, 0) is 4.74 Å². The number of benzene rings is 1. The van der Waals surface area contributed by atoms with E-state index in [1.165, 1.54) is 24.4 Å². The van der Waals surface area contributed by atoms with Crippen LogP contribution in [0.25, 0.3) is 11.3 Å². The lowest BCUT2D eigenvalue weighted by Gasteiger charge is -2.37. The minimum atomic E-state index is -0.783. The minimum absolute atomic E-state index is 0.0209. The van der Waals surface area contributed by atoms with Crippen LogP contribution in [0, 0.1) is 17.6 Å². The molecule has 0 bridgehead atoms. The van der Waals surface area contributed by atoms with Gasteiger partial charge >= 0.3 is 0 Å². The molecule has 7 nitrogen and oxygen atoms in total. The fraction of sp³-hybridized carbons (Fsp3) is 0.320. The number of fused-ring (bicyclic) bond motifs is 1. The minimum Gasteiger partial charge on any atom is -0.397 e. The first kappa shape index (κ1) is 22.4. The number of nitrogen functional groups attached to an aromatic ring is 1. The summed E-state index contributed by atoms with van der Waals surface area (Å²) in [4.78, 5) is 21.4. The van der Waals surface area contributed by atoms with Crippen molar-refractivity contribution in [2.45, 2.75) is 43.9 Å². The third-order valence-electron chi connectivity index (χ3n) is 6.69. The van der Waals surface area contributed by atoms with Crippen molar-refractivity contribution in [3.05, 3.63) is 71.7 Å². The topological polar surface area (TPSA) is 116 Å². The Morgan fingerprint density at radius 1 is 1.12 bits per heavy atom. The van der Waals surface area contributed by atoms with Crippen molar-refractivity contribution in [1.29, 1.82) is 0 Å². The Hall–Kier alpha value is -3.43. The van der Waals surface area contributed by atoms with Gasteiger partial charge in [0.25, 0.3) is 5.91 Å². The van der Waals surface area contributed by atoms with E-state index in [1.807, 2.05) is 0 Å². The number of nitrogens with one attached hydrogen (secondary N) is 1. The third-order valence-corrected chi connectivity index (χ3v) is 6.69. The molecule has 0 radical (unpaired) electrons. The summed E-state index contributed by atoms with van der Waals surface area (Å²) < 4.78 is 34.8. The van der Waals surface area contributed by atoms with E-state index in [0.29, 0.717) is 18.0 Å². The third kappa shape index (κ3) is 4.12. The monoisotopic (exact) mass is 465 g/mol. The summed E-state index contributed by atoms with van der Waals surface area (Å²) >= 11 is 0. The normalized spacial score (nSPS) is 24.0. The van der Waals surface area contributed by atoms with Crippen molar-refractivity contribution in [1.82, 2.24) is 9.97 Å². The molecule has 1 saturated heterocycles. The lowest BCUT2D eigenvalue weighted by molar-refractivity contribution is -0.0800. The van der Waals surface area contributed by atoms with E-state index < -0.39 is 17.5 Å². The second kappa shape index (κ2) is 9.08. The van der Waals surface area contributed by atoms with Gasteiger partial charge in [0.15, 0.2) is 5.69 Å². The number of pyridine rings is 2. The number of halogens is 2. The molecule has 2 aliphatic rings. The zero-order valence-electron chi connectivity index (χ0n) is 18.4. The molecule has 2 aromatic heterocycles. The SMILES string of the molecule is Nc1ccc(-c2c(F)cccc2F)nc1C(=O)Nc1cnccc1C1CC(N)C2CCCC2O1. The molecule has 5 N–H and O–H groups in total. The van der Waals surface area contributed by atoms with E-state index in [0.717, 1.165) is 37.0 Å². The number of nitrogens with two attached hydrogens (primary N) is 2. The molecule has 5 rings (SSSR count). The quantitative estimate of drug-likeness (QED) is 0.531. The fourth-order valence-corrected chi connectivity index (χ4v) is 5.01. The molecular formula is C25H25F2N5O2. The summed E-state index contributed by atoms with van der Waals surface area (Å²) in [7, 11) is 0. The number of hydrogen-bond acceptors (Lipinski definition) is 6. The number of carbonyl (C=O) groups excluding carboxylic acids is 1. The fourth-order valence-electron chi connectivity index (χ4n) is 5.01.